The van der Waals surface area contributed by atoms with Crippen LogP contribution in [0.4, 0.5) is 0 Å². The number of carboxylic acid groups (broad SMARTS) is 1. The summed E-state index contributed by atoms with van der Waals surface area (Å²) in [5.74, 6) is -2.35. The van der Waals surface area contributed by atoms with Crippen molar-refractivity contribution in [2.75, 3.05) is 47.5 Å². The van der Waals surface area contributed by atoms with Crippen LogP contribution in [0.3, 0.4) is 0 Å². The van der Waals surface area contributed by atoms with Crippen LogP contribution in [0, 0.1) is 0 Å². The number of allylic oxidation sites excluding steroid dienone is 32. The molecule has 0 bridgehead atoms. The highest BCUT2D eigenvalue weighted by Crippen LogP contribution is 2.14. The van der Waals surface area contributed by atoms with Gasteiger partial charge in [-0.1, -0.05) is 272 Å². The average molecular weight is 1230 g/mol. The van der Waals surface area contributed by atoms with Gasteiger partial charge in [0.25, 0.3) is 0 Å². The molecular weight excluding hydrogens is 1100 g/mol. The number of unbranched alkanes of at least 4 members (excludes halogenated alkanes) is 14. The third-order valence-electron chi connectivity index (χ3n) is 13.8. The number of likely N-dealkylation sites (N-methyl/N-ethyl adjacent to an activating group) is 1. The lowest BCUT2D eigenvalue weighted by molar-refractivity contribution is -0.870. The van der Waals surface area contributed by atoms with Gasteiger partial charge in [-0.2, -0.15) is 0 Å². The Hall–Kier alpha value is -5.87. The molecule has 0 fully saturated rings. The molecule has 2 atom stereocenters. The Balaban J connectivity index is 4.29. The number of carboxylic acids is 1. The monoisotopic (exact) mass is 1230 g/mol. The van der Waals surface area contributed by atoms with Gasteiger partial charge in [0, 0.05) is 12.8 Å². The molecule has 0 radical (unpaired) electrons. The summed E-state index contributed by atoms with van der Waals surface area (Å²) in [7, 11) is 5.90. The van der Waals surface area contributed by atoms with Crippen molar-refractivity contribution in [1.29, 1.82) is 0 Å². The maximum absolute atomic E-state index is 12.9. The lowest BCUT2D eigenvalue weighted by atomic mass is 10.1. The topological polar surface area (TPSA) is 111 Å². The van der Waals surface area contributed by atoms with E-state index in [-0.39, 0.29) is 38.6 Å². The van der Waals surface area contributed by atoms with Crippen LogP contribution in [-0.2, 0) is 33.3 Å². The fourth-order valence-corrected chi connectivity index (χ4v) is 8.63. The quantitative estimate of drug-likeness (QED) is 0.0195. The number of rotatable bonds is 61. The minimum Gasteiger partial charge on any atom is -0.545 e. The summed E-state index contributed by atoms with van der Waals surface area (Å²) in [6.45, 7) is 4.46. The number of aliphatic carboxylic acids is 1. The zero-order valence-electron chi connectivity index (χ0n) is 56.7. The Labute approximate surface area is 544 Å². The van der Waals surface area contributed by atoms with Crippen LogP contribution in [0.1, 0.15) is 232 Å². The van der Waals surface area contributed by atoms with Crippen molar-refractivity contribution in [3.8, 4) is 0 Å². The molecule has 0 aromatic carbocycles. The Morgan fingerprint density at radius 3 is 0.899 bits per heavy atom. The Morgan fingerprint density at radius 2 is 0.607 bits per heavy atom. The minimum atomic E-state index is -1.64. The Bertz CT molecular complexity index is 2160. The largest absolute Gasteiger partial charge is 0.545 e. The van der Waals surface area contributed by atoms with Crippen molar-refractivity contribution < 1.29 is 42.9 Å². The van der Waals surface area contributed by atoms with Gasteiger partial charge in [0.05, 0.1) is 40.3 Å². The van der Waals surface area contributed by atoms with E-state index < -0.39 is 24.3 Å². The molecule has 0 N–H and O–H groups in total. The smallest absolute Gasteiger partial charge is 0.306 e. The van der Waals surface area contributed by atoms with Crippen LogP contribution in [0.2, 0.25) is 0 Å². The summed E-state index contributed by atoms with van der Waals surface area (Å²) < 4.78 is 22.7. The third-order valence-corrected chi connectivity index (χ3v) is 13.8. The van der Waals surface area contributed by atoms with E-state index in [0.717, 1.165) is 161 Å². The first-order valence-electron chi connectivity index (χ1n) is 34.6. The zero-order valence-corrected chi connectivity index (χ0v) is 56.7. The summed E-state index contributed by atoms with van der Waals surface area (Å²) in [5.41, 5.74) is 0. The van der Waals surface area contributed by atoms with Gasteiger partial charge in [0.2, 0.25) is 0 Å². The molecule has 0 aliphatic heterocycles. The van der Waals surface area contributed by atoms with Crippen molar-refractivity contribution in [3.63, 3.8) is 0 Å². The van der Waals surface area contributed by atoms with Crippen molar-refractivity contribution in [2.24, 2.45) is 0 Å². The van der Waals surface area contributed by atoms with Gasteiger partial charge < -0.3 is 33.3 Å². The van der Waals surface area contributed by atoms with E-state index in [1.165, 1.54) is 38.5 Å². The minimum absolute atomic E-state index is 0.130. The van der Waals surface area contributed by atoms with Crippen molar-refractivity contribution in [3.05, 3.63) is 194 Å². The number of quaternary nitrogens is 1. The number of carbonyl (C=O) groups excluding carboxylic acids is 3. The van der Waals surface area contributed by atoms with E-state index in [1.54, 1.807) is 0 Å². The summed E-state index contributed by atoms with van der Waals surface area (Å²) in [6.07, 6.45) is 102. The number of hydrogen-bond donors (Lipinski definition) is 0. The predicted molar refractivity (Wildman–Crippen MR) is 379 cm³/mol. The van der Waals surface area contributed by atoms with Crippen LogP contribution in [0.15, 0.2) is 194 Å². The second-order valence-corrected chi connectivity index (χ2v) is 23.3. The molecule has 0 saturated carbocycles. The van der Waals surface area contributed by atoms with Gasteiger partial charge >= 0.3 is 11.9 Å². The van der Waals surface area contributed by atoms with Crippen LogP contribution in [0.25, 0.3) is 0 Å². The molecule has 0 aromatic heterocycles. The number of hydrogen-bond acceptors (Lipinski definition) is 8. The molecule has 89 heavy (non-hydrogen) atoms. The molecule has 0 aliphatic carbocycles. The zero-order chi connectivity index (χ0) is 64.7. The maximum Gasteiger partial charge on any atom is 0.306 e. The van der Waals surface area contributed by atoms with Gasteiger partial charge in [-0.25, -0.2) is 0 Å². The Kier molecular flexibility index (Phi) is 63.6. The molecule has 0 amide bonds. The standard InChI is InChI=1S/C80H125NO8/c1-6-8-10-12-14-16-18-20-22-24-26-28-30-32-34-36-37-38-39-40-41-43-45-47-49-51-53-55-57-59-61-63-65-67-69-71-78(83)89-76(75-88-80(79(84)85)86-73-72-81(3,4)5)74-87-77(82)70-68-66-64-62-60-58-56-54-52-50-48-46-44-42-35-33-31-29-27-25-23-21-19-17-15-13-11-9-7-2/h8-11,14-17,20-23,26-29,32-35,37-38,40-41,44-47,51,53,57,59,76,80H,6-7,12-13,18-19,24-25,30-31,36,39,42-43,48-50,52,54-56,58,60-75H2,1-5H3/b10-8-,11-9-,16-14-,17-15-,22-20-,23-21-,28-26-,29-27-,34-32-,35-33-,38-37-,41-40-,46-44-,47-45-,53-51-,59-57-. The number of esters is 2. The molecule has 9 nitrogen and oxygen atoms in total. The number of carbonyl (C=O) groups is 3. The molecule has 0 rings (SSSR count). The summed E-state index contributed by atoms with van der Waals surface area (Å²) in [5, 5.41) is 11.8. The molecule has 2 unspecified atom stereocenters. The first kappa shape index (κ1) is 83.1. The first-order valence-corrected chi connectivity index (χ1v) is 34.6. The van der Waals surface area contributed by atoms with Crippen molar-refractivity contribution in [2.45, 2.75) is 245 Å². The van der Waals surface area contributed by atoms with Crippen LogP contribution in [0.5, 0.6) is 0 Å². The lowest BCUT2D eigenvalue weighted by Crippen LogP contribution is -2.44. The predicted octanol–water partition coefficient (Wildman–Crippen LogP) is 20.5. The van der Waals surface area contributed by atoms with Gasteiger partial charge in [-0.3, -0.25) is 9.59 Å². The molecular formula is C80H125NO8. The number of nitrogens with zero attached hydrogens (tertiary/aromatic N) is 1. The molecule has 0 spiro atoms. The fraction of sp³-hybridized carbons (Fsp3) is 0.562. The van der Waals surface area contributed by atoms with E-state index in [9.17, 15) is 19.5 Å². The van der Waals surface area contributed by atoms with Crippen LogP contribution >= 0.6 is 0 Å². The van der Waals surface area contributed by atoms with E-state index >= 15 is 0 Å². The molecule has 0 heterocycles. The second kappa shape index (κ2) is 68.0. The van der Waals surface area contributed by atoms with E-state index in [2.05, 4.69) is 208 Å². The molecule has 9 heteroatoms. The highest BCUT2D eigenvalue weighted by Gasteiger charge is 2.22. The van der Waals surface area contributed by atoms with E-state index in [1.807, 2.05) is 21.1 Å². The van der Waals surface area contributed by atoms with Gasteiger partial charge in [-0.05, 0) is 141 Å². The second-order valence-electron chi connectivity index (χ2n) is 23.3. The molecule has 0 aliphatic rings. The SMILES string of the molecule is CC/C=C\C/C=C\C/C=C\C/C=C\C/C=C\C/C=C\C/C=C\C/C=C\C/C=C\C/C=C\CCCCCCC(=O)OC(COC(=O)CCCCCCCCCCCC/C=C\C/C=C\C/C=C\C/C=C\C/C=C\C/C=C\CC)COC(OCC[N+](C)(C)C)C(=O)[O-]. The average Bonchev–Trinajstić information content (AvgIpc) is 3.64. The van der Waals surface area contributed by atoms with Gasteiger partial charge in [0.15, 0.2) is 12.4 Å². The molecule has 498 valence electrons. The fourth-order valence-electron chi connectivity index (χ4n) is 8.63. The molecule has 0 saturated heterocycles. The van der Waals surface area contributed by atoms with Crippen molar-refractivity contribution in [1.82, 2.24) is 0 Å². The van der Waals surface area contributed by atoms with E-state index in [0.29, 0.717) is 17.4 Å². The first-order chi connectivity index (χ1) is 43.6. The summed E-state index contributed by atoms with van der Waals surface area (Å²) in [4.78, 5) is 37.5. The molecule has 0 aromatic rings. The third kappa shape index (κ3) is 69.5. The van der Waals surface area contributed by atoms with Gasteiger partial charge in [0.1, 0.15) is 13.2 Å². The maximum atomic E-state index is 12.9. The Morgan fingerprint density at radius 1 is 0.337 bits per heavy atom. The van der Waals surface area contributed by atoms with Crippen molar-refractivity contribution >= 4 is 17.9 Å². The summed E-state index contributed by atoms with van der Waals surface area (Å²) >= 11 is 0. The van der Waals surface area contributed by atoms with Gasteiger partial charge in [-0.15, -0.1) is 0 Å². The highest BCUT2D eigenvalue weighted by atomic mass is 16.7. The highest BCUT2D eigenvalue weighted by molar-refractivity contribution is 5.70. The van der Waals surface area contributed by atoms with Crippen LogP contribution in [-0.4, -0.2) is 82.3 Å². The van der Waals surface area contributed by atoms with Crippen LogP contribution < -0.4 is 5.11 Å². The number of ether oxygens (including phenoxy) is 4. The summed E-state index contributed by atoms with van der Waals surface area (Å²) in [6, 6.07) is 0. The van der Waals surface area contributed by atoms with E-state index in [4.69, 9.17) is 18.9 Å². The normalized spacial score (nSPS) is 13.9. The lowest BCUT2D eigenvalue weighted by Gasteiger charge is -2.26.